The third kappa shape index (κ3) is 6.57. The number of benzene rings is 3. The van der Waals surface area contributed by atoms with Crippen molar-refractivity contribution in [3.63, 3.8) is 0 Å². The molecular weight excluding hydrogens is 399 g/mol. The molecule has 0 bridgehead atoms. The lowest BCUT2D eigenvalue weighted by Gasteiger charge is -2.12. The molecule has 0 radical (unpaired) electrons. The van der Waals surface area contributed by atoms with E-state index in [1.807, 2.05) is 30.3 Å². The molecule has 2 amide bonds. The third-order valence-corrected chi connectivity index (χ3v) is 4.45. The van der Waals surface area contributed by atoms with Crippen molar-refractivity contribution in [2.75, 3.05) is 25.6 Å². The summed E-state index contributed by atoms with van der Waals surface area (Å²) in [6.45, 7) is 0.239. The molecule has 0 unspecified atom stereocenters. The highest BCUT2D eigenvalue weighted by atomic mass is 19.1. The second-order valence-electron chi connectivity index (χ2n) is 6.70. The van der Waals surface area contributed by atoms with Crippen LogP contribution in [0.5, 0.6) is 11.5 Å². The van der Waals surface area contributed by atoms with Crippen LogP contribution in [0.25, 0.3) is 0 Å². The van der Waals surface area contributed by atoms with Crippen LogP contribution >= 0.6 is 0 Å². The molecule has 0 aliphatic heterocycles. The Balaban J connectivity index is 1.53. The minimum absolute atomic E-state index is 0.227. The van der Waals surface area contributed by atoms with E-state index in [-0.39, 0.29) is 18.3 Å². The minimum Gasteiger partial charge on any atom is -0.493 e. The largest absolute Gasteiger partial charge is 0.493 e. The fourth-order valence-electron chi connectivity index (χ4n) is 2.87. The first-order valence-electron chi connectivity index (χ1n) is 9.73. The molecule has 0 atom stereocenters. The highest BCUT2D eigenvalue weighted by Gasteiger charge is 2.12. The van der Waals surface area contributed by atoms with E-state index in [0.717, 1.165) is 12.0 Å². The van der Waals surface area contributed by atoms with Crippen molar-refractivity contribution in [1.82, 2.24) is 5.32 Å². The Morgan fingerprint density at radius 1 is 0.935 bits per heavy atom. The third-order valence-electron chi connectivity index (χ3n) is 4.45. The maximum Gasteiger partial charge on any atom is 0.262 e. The number of halogens is 1. The molecule has 0 fully saturated rings. The van der Waals surface area contributed by atoms with Crippen LogP contribution in [0.4, 0.5) is 10.1 Å². The van der Waals surface area contributed by atoms with Gasteiger partial charge in [0.2, 0.25) is 0 Å². The molecule has 6 nitrogen and oxygen atoms in total. The maximum absolute atomic E-state index is 12.9. The summed E-state index contributed by atoms with van der Waals surface area (Å²) >= 11 is 0. The van der Waals surface area contributed by atoms with Crippen LogP contribution in [0.15, 0.2) is 72.8 Å². The van der Waals surface area contributed by atoms with E-state index in [1.165, 1.54) is 31.4 Å². The van der Waals surface area contributed by atoms with E-state index in [4.69, 9.17) is 9.47 Å². The van der Waals surface area contributed by atoms with Gasteiger partial charge in [0.1, 0.15) is 5.82 Å². The number of hydrogen-bond donors (Lipinski definition) is 2. The van der Waals surface area contributed by atoms with Gasteiger partial charge < -0.3 is 20.1 Å². The molecule has 2 N–H and O–H groups in total. The number of ether oxygens (including phenoxy) is 2. The van der Waals surface area contributed by atoms with Crippen molar-refractivity contribution in [1.29, 1.82) is 0 Å². The van der Waals surface area contributed by atoms with Gasteiger partial charge in [0.25, 0.3) is 11.8 Å². The summed E-state index contributed by atoms with van der Waals surface area (Å²) in [5.41, 5.74) is 2.03. The Kier molecular flexibility index (Phi) is 7.59. The Morgan fingerprint density at radius 3 is 2.39 bits per heavy atom. The fourth-order valence-corrected chi connectivity index (χ4v) is 2.87. The van der Waals surface area contributed by atoms with Gasteiger partial charge in [0.15, 0.2) is 18.1 Å². The van der Waals surface area contributed by atoms with Crippen molar-refractivity contribution in [2.45, 2.75) is 6.42 Å². The summed E-state index contributed by atoms with van der Waals surface area (Å²) in [5, 5.41) is 5.48. The van der Waals surface area contributed by atoms with E-state index < -0.39 is 5.91 Å². The average molecular weight is 422 g/mol. The molecular formula is C24H23FN2O4. The van der Waals surface area contributed by atoms with E-state index in [1.54, 1.807) is 18.2 Å². The number of nitrogens with one attached hydrogen (secondary N) is 2. The number of carbonyl (C=O) groups is 2. The van der Waals surface area contributed by atoms with Crippen molar-refractivity contribution in [3.05, 3.63) is 89.7 Å². The number of carbonyl (C=O) groups excluding carboxylic acids is 2. The Hall–Kier alpha value is -3.87. The lowest BCUT2D eigenvalue weighted by molar-refractivity contribution is -0.118. The first-order valence-corrected chi connectivity index (χ1v) is 9.73. The van der Waals surface area contributed by atoms with Gasteiger partial charge in [-0.25, -0.2) is 4.39 Å². The molecule has 0 heterocycles. The van der Waals surface area contributed by atoms with Gasteiger partial charge in [-0.2, -0.15) is 0 Å². The predicted octanol–water partition coefficient (Wildman–Crippen LogP) is 3.82. The van der Waals surface area contributed by atoms with E-state index >= 15 is 0 Å². The van der Waals surface area contributed by atoms with Crippen LogP contribution in [0, 0.1) is 5.82 Å². The lowest BCUT2D eigenvalue weighted by Crippen LogP contribution is -2.25. The van der Waals surface area contributed by atoms with Crippen LogP contribution in [-0.4, -0.2) is 32.1 Å². The monoisotopic (exact) mass is 422 g/mol. The molecule has 0 saturated carbocycles. The summed E-state index contributed by atoms with van der Waals surface area (Å²) in [7, 11) is 1.46. The average Bonchev–Trinajstić information content (AvgIpc) is 2.79. The Bertz CT molecular complexity index is 1020. The van der Waals surface area contributed by atoms with E-state index in [2.05, 4.69) is 10.6 Å². The van der Waals surface area contributed by atoms with Gasteiger partial charge >= 0.3 is 0 Å². The molecule has 0 aliphatic rings. The molecule has 0 aromatic heterocycles. The van der Waals surface area contributed by atoms with Crippen LogP contribution in [0.2, 0.25) is 0 Å². The molecule has 31 heavy (non-hydrogen) atoms. The summed E-state index contributed by atoms with van der Waals surface area (Å²) in [6, 6.07) is 20.0. The summed E-state index contributed by atoms with van der Waals surface area (Å²) in [4.78, 5) is 24.5. The lowest BCUT2D eigenvalue weighted by atomic mass is 10.1. The summed E-state index contributed by atoms with van der Waals surface area (Å²) < 4.78 is 23.7. The Labute approximate surface area is 180 Å². The zero-order chi connectivity index (χ0) is 22.1. The maximum atomic E-state index is 12.9. The van der Waals surface area contributed by atoms with Gasteiger partial charge in [0.05, 0.1) is 7.11 Å². The zero-order valence-electron chi connectivity index (χ0n) is 17.1. The van der Waals surface area contributed by atoms with Crippen LogP contribution in [0.3, 0.4) is 0 Å². The highest BCUT2D eigenvalue weighted by Crippen LogP contribution is 2.28. The minimum atomic E-state index is -0.406. The second-order valence-corrected chi connectivity index (χ2v) is 6.70. The van der Waals surface area contributed by atoms with Crippen LogP contribution in [-0.2, 0) is 11.2 Å². The van der Waals surface area contributed by atoms with Crippen molar-refractivity contribution < 1.29 is 23.5 Å². The van der Waals surface area contributed by atoms with Crippen molar-refractivity contribution in [3.8, 4) is 11.5 Å². The normalized spacial score (nSPS) is 10.3. The SMILES string of the molecule is COc1cc(C(=O)NCCc2ccccc2)ccc1OCC(=O)Nc1ccc(F)cc1. The van der Waals surface area contributed by atoms with Gasteiger partial charge in [-0.1, -0.05) is 30.3 Å². The number of anilines is 1. The topological polar surface area (TPSA) is 76.7 Å². The number of methoxy groups -OCH3 is 1. The first-order chi connectivity index (χ1) is 15.0. The predicted molar refractivity (Wildman–Crippen MR) is 116 cm³/mol. The van der Waals surface area contributed by atoms with Gasteiger partial charge in [-0.15, -0.1) is 0 Å². The molecule has 160 valence electrons. The smallest absolute Gasteiger partial charge is 0.262 e. The van der Waals surface area contributed by atoms with E-state index in [0.29, 0.717) is 29.3 Å². The second kappa shape index (κ2) is 10.8. The van der Waals surface area contributed by atoms with Gasteiger partial charge in [-0.05, 0) is 54.4 Å². The molecule has 3 aromatic rings. The Morgan fingerprint density at radius 2 is 1.68 bits per heavy atom. The van der Waals surface area contributed by atoms with Crippen molar-refractivity contribution in [2.24, 2.45) is 0 Å². The molecule has 0 saturated heterocycles. The summed E-state index contributed by atoms with van der Waals surface area (Å²) in [6.07, 6.45) is 0.730. The molecule has 0 aliphatic carbocycles. The summed E-state index contributed by atoms with van der Waals surface area (Å²) in [5.74, 6) is -0.350. The quantitative estimate of drug-likeness (QED) is 0.550. The molecule has 0 spiro atoms. The number of rotatable bonds is 9. The molecule has 7 heteroatoms. The number of amides is 2. The van der Waals surface area contributed by atoms with Crippen molar-refractivity contribution >= 4 is 17.5 Å². The fraction of sp³-hybridized carbons (Fsp3) is 0.167. The highest BCUT2D eigenvalue weighted by molar-refractivity contribution is 5.95. The van der Waals surface area contributed by atoms with Gasteiger partial charge in [0, 0.05) is 17.8 Å². The molecule has 3 rings (SSSR count). The standard InChI is InChI=1S/C24H23FN2O4/c1-30-22-15-18(24(29)26-14-13-17-5-3-2-4-6-17)7-12-21(22)31-16-23(28)27-20-10-8-19(25)9-11-20/h2-12,15H,13-14,16H2,1H3,(H,26,29)(H,27,28). The first kappa shape index (κ1) is 21.8. The number of hydrogen-bond acceptors (Lipinski definition) is 4. The zero-order valence-corrected chi connectivity index (χ0v) is 17.1. The van der Waals surface area contributed by atoms with E-state index in [9.17, 15) is 14.0 Å². The molecule has 3 aromatic carbocycles. The van der Waals surface area contributed by atoms with Crippen LogP contribution in [0.1, 0.15) is 15.9 Å². The van der Waals surface area contributed by atoms with Crippen LogP contribution < -0.4 is 20.1 Å². The van der Waals surface area contributed by atoms with Gasteiger partial charge in [-0.3, -0.25) is 9.59 Å².